The second kappa shape index (κ2) is 3.87. The topological polar surface area (TPSA) is 38.3 Å². The number of ether oxygens (including phenoxy) is 1. The van der Waals surface area contributed by atoms with Crippen LogP contribution in [0.1, 0.15) is 20.3 Å². The SMILES string of the molecule is COC[C@@H](C)NC(=O)[C@]1(C)CC1(Cl)Cl. The van der Waals surface area contributed by atoms with Gasteiger partial charge in [-0.2, -0.15) is 0 Å². The summed E-state index contributed by atoms with van der Waals surface area (Å²) in [4.78, 5) is 11.7. The Morgan fingerprint density at radius 3 is 2.50 bits per heavy atom. The molecule has 0 heterocycles. The van der Waals surface area contributed by atoms with E-state index in [1.165, 1.54) is 0 Å². The molecule has 1 amide bonds. The van der Waals surface area contributed by atoms with Crippen LogP contribution in [0.25, 0.3) is 0 Å². The maximum absolute atomic E-state index is 11.7. The van der Waals surface area contributed by atoms with Crippen LogP contribution in [0.4, 0.5) is 0 Å². The number of carbonyl (C=O) groups excluding carboxylic acids is 1. The van der Waals surface area contributed by atoms with Crippen molar-refractivity contribution < 1.29 is 9.53 Å². The molecule has 0 aliphatic heterocycles. The molecule has 1 N–H and O–H groups in total. The van der Waals surface area contributed by atoms with E-state index in [-0.39, 0.29) is 11.9 Å². The number of carbonyl (C=O) groups is 1. The summed E-state index contributed by atoms with van der Waals surface area (Å²) >= 11 is 11.8. The first kappa shape index (κ1) is 12.1. The molecular formula is C9H15Cl2NO2. The summed E-state index contributed by atoms with van der Waals surface area (Å²) in [6, 6.07) is -0.0194. The van der Waals surface area contributed by atoms with Crippen molar-refractivity contribution in [2.45, 2.75) is 30.6 Å². The monoisotopic (exact) mass is 239 g/mol. The molecule has 1 rings (SSSR count). The first-order chi connectivity index (χ1) is 6.33. The highest BCUT2D eigenvalue weighted by Crippen LogP contribution is 2.63. The molecule has 0 bridgehead atoms. The molecule has 14 heavy (non-hydrogen) atoms. The summed E-state index contributed by atoms with van der Waals surface area (Å²) in [7, 11) is 1.59. The number of methoxy groups -OCH3 is 1. The van der Waals surface area contributed by atoms with Gasteiger partial charge in [0.15, 0.2) is 0 Å². The van der Waals surface area contributed by atoms with Crippen molar-refractivity contribution >= 4 is 29.1 Å². The fourth-order valence-electron chi connectivity index (χ4n) is 1.32. The zero-order chi connectivity index (χ0) is 11.0. The smallest absolute Gasteiger partial charge is 0.229 e. The summed E-state index contributed by atoms with van der Waals surface area (Å²) in [6.45, 7) is 4.12. The lowest BCUT2D eigenvalue weighted by molar-refractivity contribution is -0.126. The molecule has 0 saturated heterocycles. The minimum absolute atomic E-state index is 0.0194. The van der Waals surface area contributed by atoms with Crippen LogP contribution in [0.5, 0.6) is 0 Å². The third-order valence-corrected chi connectivity index (χ3v) is 3.65. The zero-order valence-electron chi connectivity index (χ0n) is 8.56. The van der Waals surface area contributed by atoms with E-state index in [9.17, 15) is 4.79 Å². The molecule has 2 atom stereocenters. The van der Waals surface area contributed by atoms with Gasteiger partial charge in [-0.1, -0.05) is 0 Å². The van der Waals surface area contributed by atoms with Gasteiger partial charge >= 0.3 is 0 Å². The molecule has 0 aromatic rings. The summed E-state index contributed by atoms with van der Waals surface area (Å²) in [5, 5.41) is 2.81. The third kappa shape index (κ3) is 2.15. The van der Waals surface area contributed by atoms with E-state index in [4.69, 9.17) is 27.9 Å². The molecule has 0 unspecified atom stereocenters. The summed E-state index contributed by atoms with van der Waals surface area (Å²) in [6.07, 6.45) is 0.509. The Hall–Kier alpha value is 0.01000. The fourth-order valence-corrected chi connectivity index (χ4v) is 2.03. The van der Waals surface area contributed by atoms with Crippen molar-refractivity contribution in [2.75, 3.05) is 13.7 Å². The molecule has 1 fully saturated rings. The molecule has 0 aromatic heterocycles. The van der Waals surface area contributed by atoms with Gasteiger partial charge in [0, 0.05) is 13.2 Å². The fraction of sp³-hybridized carbons (Fsp3) is 0.889. The minimum Gasteiger partial charge on any atom is -0.383 e. The molecule has 1 aliphatic rings. The van der Waals surface area contributed by atoms with E-state index in [2.05, 4.69) is 5.32 Å². The Morgan fingerprint density at radius 1 is 1.64 bits per heavy atom. The maximum atomic E-state index is 11.7. The second-order valence-electron chi connectivity index (χ2n) is 4.04. The first-order valence-corrected chi connectivity index (χ1v) is 5.27. The Kier molecular flexibility index (Phi) is 3.34. The Labute approximate surface area is 94.1 Å². The minimum atomic E-state index is -0.899. The van der Waals surface area contributed by atoms with Gasteiger partial charge < -0.3 is 10.1 Å². The van der Waals surface area contributed by atoms with Gasteiger partial charge in [0.25, 0.3) is 0 Å². The Morgan fingerprint density at radius 2 is 2.14 bits per heavy atom. The molecule has 0 aromatic carbocycles. The van der Waals surface area contributed by atoms with Crippen LogP contribution >= 0.6 is 23.2 Å². The van der Waals surface area contributed by atoms with E-state index in [1.54, 1.807) is 14.0 Å². The number of hydrogen-bond acceptors (Lipinski definition) is 2. The molecule has 3 nitrogen and oxygen atoms in total. The molecule has 0 spiro atoms. The average Bonchev–Trinajstić information content (AvgIpc) is 2.53. The van der Waals surface area contributed by atoms with Crippen LogP contribution in [0, 0.1) is 5.41 Å². The van der Waals surface area contributed by atoms with E-state index in [1.807, 2.05) is 6.92 Å². The number of amides is 1. The highest BCUT2D eigenvalue weighted by molar-refractivity contribution is 6.53. The number of rotatable bonds is 4. The Bertz CT molecular complexity index is 245. The number of nitrogens with one attached hydrogen (secondary N) is 1. The molecule has 1 saturated carbocycles. The van der Waals surface area contributed by atoms with Gasteiger partial charge in [-0.05, 0) is 20.3 Å². The van der Waals surface area contributed by atoms with E-state index < -0.39 is 9.75 Å². The Balaban J connectivity index is 2.44. The quantitative estimate of drug-likeness (QED) is 0.760. The maximum Gasteiger partial charge on any atom is 0.229 e. The lowest BCUT2D eigenvalue weighted by Crippen LogP contribution is -2.41. The van der Waals surface area contributed by atoms with Crippen molar-refractivity contribution in [2.24, 2.45) is 5.41 Å². The number of hydrogen-bond donors (Lipinski definition) is 1. The van der Waals surface area contributed by atoms with Crippen LogP contribution < -0.4 is 5.32 Å². The van der Waals surface area contributed by atoms with Crippen LogP contribution in [0.2, 0.25) is 0 Å². The van der Waals surface area contributed by atoms with Crippen LogP contribution in [-0.4, -0.2) is 30.0 Å². The standard InChI is InChI=1S/C9H15Cl2NO2/c1-6(4-14-3)12-7(13)8(2)5-9(8,10)11/h6H,4-5H2,1-3H3,(H,12,13)/t6-,8+/m1/s1. The lowest BCUT2D eigenvalue weighted by atomic mass is 10.1. The average molecular weight is 240 g/mol. The van der Waals surface area contributed by atoms with Gasteiger partial charge in [0.2, 0.25) is 5.91 Å². The largest absolute Gasteiger partial charge is 0.383 e. The van der Waals surface area contributed by atoms with Gasteiger partial charge in [-0.25, -0.2) is 0 Å². The van der Waals surface area contributed by atoms with Gasteiger partial charge in [-0.3, -0.25) is 4.79 Å². The molecule has 1 aliphatic carbocycles. The van der Waals surface area contributed by atoms with Gasteiger partial charge in [-0.15, -0.1) is 23.2 Å². The second-order valence-corrected chi connectivity index (χ2v) is 5.53. The molecular weight excluding hydrogens is 225 g/mol. The van der Waals surface area contributed by atoms with Crippen molar-refractivity contribution in [3.8, 4) is 0 Å². The van der Waals surface area contributed by atoms with E-state index in [0.29, 0.717) is 13.0 Å². The lowest BCUT2D eigenvalue weighted by Gasteiger charge is -2.17. The molecule has 82 valence electrons. The highest BCUT2D eigenvalue weighted by atomic mass is 35.5. The predicted molar refractivity (Wildman–Crippen MR) is 56.6 cm³/mol. The summed E-state index contributed by atoms with van der Waals surface area (Å²) in [5.41, 5.74) is -0.641. The molecule has 0 radical (unpaired) electrons. The van der Waals surface area contributed by atoms with Crippen LogP contribution in [-0.2, 0) is 9.53 Å². The van der Waals surface area contributed by atoms with Crippen LogP contribution in [0.15, 0.2) is 0 Å². The zero-order valence-corrected chi connectivity index (χ0v) is 10.1. The highest BCUT2D eigenvalue weighted by Gasteiger charge is 2.67. The van der Waals surface area contributed by atoms with Crippen LogP contribution in [0.3, 0.4) is 0 Å². The number of alkyl halides is 2. The van der Waals surface area contributed by atoms with E-state index in [0.717, 1.165) is 0 Å². The van der Waals surface area contributed by atoms with Gasteiger partial charge in [0.1, 0.15) is 4.33 Å². The number of halogens is 2. The van der Waals surface area contributed by atoms with Crippen molar-refractivity contribution in [1.82, 2.24) is 5.32 Å². The summed E-state index contributed by atoms with van der Waals surface area (Å²) < 4.78 is 4.01. The normalized spacial score (nSPS) is 30.9. The third-order valence-electron chi connectivity index (χ3n) is 2.55. The predicted octanol–water partition coefficient (Wildman–Crippen LogP) is 1.72. The van der Waals surface area contributed by atoms with Crippen molar-refractivity contribution in [3.05, 3.63) is 0 Å². The van der Waals surface area contributed by atoms with E-state index >= 15 is 0 Å². The van der Waals surface area contributed by atoms with Crippen molar-refractivity contribution in [3.63, 3.8) is 0 Å². The van der Waals surface area contributed by atoms with Crippen molar-refractivity contribution in [1.29, 1.82) is 0 Å². The first-order valence-electron chi connectivity index (χ1n) is 4.51. The summed E-state index contributed by atoms with van der Waals surface area (Å²) in [5.74, 6) is -0.105. The van der Waals surface area contributed by atoms with Gasteiger partial charge in [0.05, 0.1) is 12.0 Å². The molecule has 5 heteroatoms.